The summed E-state index contributed by atoms with van der Waals surface area (Å²) >= 11 is 5.21. The molecule has 0 bridgehead atoms. The van der Waals surface area contributed by atoms with Crippen LogP contribution in [0.25, 0.3) is 17.0 Å². The zero-order valence-electron chi connectivity index (χ0n) is 15.6. The van der Waals surface area contributed by atoms with Gasteiger partial charge < -0.3 is 0 Å². The van der Waals surface area contributed by atoms with Crippen molar-refractivity contribution in [3.8, 4) is 0 Å². The molecule has 1 fully saturated rings. The third-order valence-electron chi connectivity index (χ3n) is 4.75. The fraction of sp³-hybridized carbons (Fsp3) is 0.0909. The van der Waals surface area contributed by atoms with Crippen LogP contribution in [0, 0.1) is 0 Å². The van der Waals surface area contributed by atoms with Gasteiger partial charge in [-0.3, -0.25) is 29.2 Å². The van der Waals surface area contributed by atoms with Crippen LogP contribution < -0.4 is 5.32 Å². The number of carbonyl (C=O) groups is 3. The summed E-state index contributed by atoms with van der Waals surface area (Å²) in [5.41, 5.74) is 2.20. The van der Waals surface area contributed by atoms with Crippen molar-refractivity contribution in [1.82, 2.24) is 14.8 Å². The van der Waals surface area contributed by atoms with E-state index in [9.17, 15) is 14.4 Å². The van der Waals surface area contributed by atoms with Gasteiger partial charge in [-0.1, -0.05) is 48.5 Å². The first-order chi connectivity index (χ1) is 14.0. The lowest BCUT2D eigenvalue weighted by atomic mass is 10.1. The number of amides is 2. The molecule has 144 valence electrons. The second-order valence-corrected chi connectivity index (χ2v) is 7.07. The van der Waals surface area contributed by atoms with Crippen molar-refractivity contribution in [2.45, 2.75) is 13.5 Å². The van der Waals surface area contributed by atoms with Crippen LogP contribution in [0.4, 0.5) is 0 Å². The number of benzene rings is 2. The third-order valence-corrected chi connectivity index (χ3v) is 5.07. The van der Waals surface area contributed by atoms with Crippen LogP contribution in [0.5, 0.6) is 0 Å². The summed E-state index contributed by atoms with van der Waals surface area (Å²) in [4.78, 5) is 38.9. The molecular formula is C22H17N3O3S. The average Bonchev–Trinajstić information content (AvgIpc) is 3.08. The normalized spacial score (nSPS) is 15.8. The predicted molar refractivity (Wildman–Crippen MR) is 114 cm³/mol. The van der Waals surface area contributed by atoms with Gasteiger partial charge in [0.25, 0.3) is 11.8 Å². The minimum absolute atomic E-state index is 0.0269. The number of hydrogen-bond acceptors (Lipinski definition) is 4. The Labute approximate surface area is 172 Å². The van der Waals surface area contributed by atoms with Crippen LogP contribution >= 0.6 is 12.2 Å². The van der Waals surface area contributed by atoms with Crippen LogP contribution in [0.1, 0.15) is 22.8 Å². The highest BCUT2D eigenvalue weighted by molar-refractivity contribution is 7.80. The largest absolute Gasteiger partial charge is 0.298 e. The standard InChI is InChI=1S/C22H17N3O3S/c1-14(26)24-13-16(17-9-5-6-10-19(17)24)11-18-20(27)23-22(29)25(21(18)28)12-15-7-3-2-4-8-15/h2-11,13H,12H2,1H3,(H,23,27,29)/b18-11+. The second-order valence-electron chi connectivity index (χ2n) is 6.68. The number of carbonyl (C=O) groups excluding carboxylic acids is 3. The Hall–Kier alpha value is -3.58. The summed E-state index contributed by atoms with van der Waals surface area (Å²) in [5, 5.41) is 3.44. The Bertz CT molecular complexity index is 1190. The van der Waals surface area contributed by atoms with Gasteiger partial charge in [0, 0.05) is 24.1 Å². The smallest absolute Gasteiger partial charge is 0.265 e. The van der Waals surface area contributed by atoms with E-state index in [1.807, 2.05) is 54.6 Å². The fourth-order valence-corrected chi connectivity index (χ4v) is 3.58. The number of rotatable bonds is 3. The Morgan fingerprint density at radius 3 is 2.48 bits per heavy atom. The van der Waals surface area contributed by atoms with Gasteiger partial charge in [-0.2, -0.15) is 0 Å². The van der Waals surface area contributed by atoms with E-state index < -0.39 is 11.8 Å². The molecule has 1 aromatic heterocycles. The molecule has 1 aliphatic heterocycles. The third kappa shape index (κ3) is 3.48. The number of hydrogen-bond donors (Lipinski definition) is 1. The number of nitrogens with zero attached hydrogens (tertiary/aromatic N) is 2. The van der Waals surface area contributed by atoms with Gasteiger partial charge in [-0.15, -0.1) is 0 Å². The zero-order valence-corrected chi connectivity index (χ0v) is 16.4. The summed E-state index contributed by atoms with van der Waals surface area (Å²) < 4.78 is 1.50. The quantitative estimate of drug-likeness (QED) is 0.414. The second kappa shape index (κ2) is 7.44. The fourth-order valence-electron chi connectivity index (χ4n) is 3.34. The van der Waals surface area contributed by atoms with Gasteiger partial charge in [0.15, 0.2) is 5.11 Å². The van der Waals surface area contributed by atoms with Crippen LogP contribution in [0.15, 0.2) is 66.4 Å². The Morgan fingerprint density at radius 1 is 1.07 bits per heavy atom. The summed E-state index contributed by atoms with van der Waals surface area (Å²) in [7, 11) is 0. The van der Waals surface area contributed by atoms with Gasteiger partial charge in [-0.05, 0) is 29.9 Å². The molecule has 7 heteroatoms. The Balaban J connectivity index is 1.76. The van der Waals surface area contributed by atoms with Gasteiger partial charge in [-0.25, -0.2) is 0 Å². The molecule has 3 aromatic rings. The molecule has 1 aliphatic rings. The van der Waals surface area contributed by atoms with Crippen LogP contribution in [-0.2, 0) is 16.1 Å². The summed E-state index contributed by atoms with van der Waals surface area (Å²) in [5.74, 6) is -1.18. The molecule has 1 saturated heterocycles. The minimum atomic E-state index is -0.552. The van der Waals surface area contributed by atoms with Crippen LogP contribution in [0.2, 0.25) is 0 Å². The maximum atomic E-state index is 13.1. The zero-order chi connectivity index (χ0) is 20.5. The molecule has 0 atom stereocenters. The monoisotopic (exact) mass is 403 g/mol. The lowest BCUT2D eigenvalue weighted by Crippen LogP contribution is -2.53. The van der Waals surface area contributed by atoms with Gasteiger partial charge in [0.2, 0.25) is 5.91 Å². The van der Waals surface area contributed by atoms with Crippen molar-refractivity contribution in [2.24, 2.45) is 0 Å². The Morgan fingerprint density at radius 2 is 1.76 bits per heavy atom. The van der Waals surface area contributed by atoms with Gasteiger partial charge in [0.1, 0.15) is 5.57 Å². The molecule has 0 spiro atoms. The van der Waals surface area contributed by atoms with Gasteiger partial charge in [0.05, 0.1) is 12.1 Å². The maximum Gasteiger partial charge on any atom is 0.265 e. The van der Waals surface area contributed by atoms with E-state index >= 15 is 0 Å². The van der Waals surface area contributed by atoms with E-state index in [1.54, 1.807) is 6.20 Å². The highest BCUT2D eigenvalue weighted by Gasteiger charge is 2.33. The highest BCUT2D eigenvalue weighted by atomic mass is 32.1. The number of fused-ring (bicyclic) bond motifs is 1. The Kier molecular flexibility index (Phi) is 4.82. The molecule has 0 aliphatic carbocycles. The van der Waals surface area contributed by atoms with Gasteiger partial charge >= 0.3 is 0 Å². The molecule has 2 aromatic carbocycles. The number of nitrogens with one attached hydrogen (secondary N) is 1. The summed E-state index contributed by atoms with van der Waals surface area (Å²) in [6.45, 7) is 1.72. The van der Waals surface area contributed by atoms with Crippen molar-refractivity contribution in [3.05, 3.63) is 77.5 Å². The maximum absolute atomic E-state index is 13.1. The topological polar surface area (TPSA) is 71.4 Å². The van der Waals surface area contributed by atoms with E-state index in [2.05, 4.69) is 5.32 Å². The van der Waals surface area contributed by atoms with Crippen LogP contribution in [0.3, 0.4) is 0 Å². The number of aromatic nitrogens is 1. The average molecular weight is 403 g/mol. The van der Waals surface area contributed by atoms with E-state index in [1.165, 1.54) is 22.5 Å². The van der Waals surface area contributed by atoms with E-state index in [0.29, 0.717) is 11.1 Å². The summed E-state index contributed by atoms with van der Waals surface area (Å²) in [6.07, 6.45) is 3.15. The van der Waals surface area contributed by atoms with Crippen LogP contribution in [-0.4, -0.2) is 32.3 Å². The molecule has 1 N–H and O–H groups in total. The van der Waals surface area contributed by atoms with Crippen molar-refractivity contribution in [2.75, 3.05) is 0 Å². The predicted octanol–water partition coefficient (Wildman–Crippen LogP) is 3.13. The molecule has 0 unspecified atom stereocenters. The SMILES string of the molecule is CC(=O)n1cc(/C=C2\C(=O)NC(=S)N(Cc3ccccc3)C2=O)c2ccccc21. The first kappa shape index (κ1) is 18.8. The lowest BCUT2D eigenvalue weighted by Gasteiger charge is -2.29. The first-order valence-electron chi connectivity index (χ1n) is 8.99. The molecular weight excluding hydrogens is 386 g/mol. The molecule has 6 nitrogen and oxygen atoms in total. The molecule has 0 saturated carbocycles. The highest BCUT2D eigenvalue weighted by Crippen LogP contribution is 2.25. The molecule has 29 heavy (non-hydrogen) atoms. The lowest BCUT2D eigenvalue weighted by molar-refractivity contribution is -0.129. The van der Waals surface area contributed by atoms with Crippen molar-refractivity contribution < 1.29 is 14.4 Å². The molecule has 2 heterocycles. The number of thiocarbonyl (C=S) groups is 1. The van der Waals surface area contributed by atoms with E-state index in [0.717, 1.165) is 10.9 Å². The van der Waals surface area contributed by atoms with Crippen molar-refractivity contribution in [3.63, 3.8) is 0 Å². The minimum Gasteiger partial charge on any atom is -0.298 e. The molecule has 2 amide bonds. The first-order valence-corrected chi connectivity index (χ1v) is 9.40. The van der Waals surface area contributed by atoms with E-state index in [-0.39, 0.29) is 23.1 Å². The summed E-state index contributed by atoms with van der Waals surface area (Å²) in [6, 6.07) is 16.7. The number of para-hydroxylation sites is 1. The molecule has 4 rings (SSSR count). The van der Waals surface area contributed by atoms with Crippen molar-refractivity contribution >= 4 is 52.0 Å². The van der Waals surface area contributed by atoms with E-state index in [4.69, 9.17) is 12.2 Å². The molecule has 0 radical (unpaired) electrons. The van der Waals surface area contributed by atoms with Crippen molar-refractivity contribution in [1.29, 1.82) is 0 Å².